The number of benzene rings is 1. The summed E-state index contributed by atoms with van der Waals surface area (Å²) in [6, 6.07) is 10.4. The van der Waals surface area contributed by atoms with E-state index in [1.165, 1.54) is 16.9 Å². The number of hydrogen-bond donors (Lipinski definition) is 1. The molecule has 0 amide bonds. The van der Waals surface area contributed by atoms with Gasteiger partial charge in [-0.2, -0.15) is 0 Å². The van der Waals surface area contributed by atoms with Gasteiger partial charge in [0.15, 0.2) is 0 Å². The molecule has 6 heteroatoms. The van der Waals surface area contributed by atoms with Crippen molar-refractivity contribution in [2.45, 2.75) is 32.3 Å². The van der Waals surface area contributed by atoms with Crippen LogP contribution in [0.25, 0.3) is 0 Å². The van der Waals surface area contributed by atoms with Gasteiger partial charge in [-0.1, -0.05) is 30.3 Å². The maximum Gasteiger partial charge on any atom is 0.347 e. The third-order valence-corrected chi connectivity index (χ3v) is 6.14. The molecular formula is C20H26N2O3S. The number of aryl methyl sites for hydroxylation is 1. The Morgan fingerprint density at radius 3 is 2.85 bits per heavy atom. The molecule has 0 spiro atoms. The van der Waals surface area contributed by atoms with E-state index < -0.39 is 5.97 Å². The molecule has 1 aliphatic heterocycles. The lowest BCUT2D eigenvalue weighted by Crippen LogP contribution is -2.33. The lowest BCUT2D eigenvalue weighted by Gasteiger charge is -2.23. The van der Waals surface area contributed by atoms with Gasteiger partial charge >= 0.3 is 5.97 Å². The van der Waals surface area contributed by atoms with Crippen LogP contribution in [-0.4, -0.2) is 53.8 Å². The summed E-state index contributed by atoms with van der Waals surface area (Å²) < 4.78 is 5.70. The second-order valence-corrected chi connectivity index (χ2v) is 8.08. The van der Waals surface area contributed by atoms with Gasteiger partial charge in [0.25, 0.3) is 0 Å². The molecule has 0 bridgehead atoms. The van der Waals surface area contributed by atoms with Crippen molar-refractivity contribution in [1.82, 2.24) is 9.88 Å². The average Bonchev–Trinajstić information content (AvgIpc) is 3.21. The van der Waals surface area contributed by atoms with Gasteiger partial charge < -0.3 is 14.7 Å². The topological polar surface area (TPSA) is 62.7 Å². The van der Waals surface area contributed by atoms with Gasteiger partial charge in [0.1, 0.15) is 4.88 Å². The van der Waals surface area contributed by atoms with Crippen LogP contribution in [0, 0.1) is 12.8 Å². The fraction of sp³-hybridized carbons (Fsp3) is 0.500. The van der Waals surface area contributed by atoms with E-state index in [1.807, 2.05) is 6.07 Å². The third kappa shape index (κ3) is 4.90. The molecule has 5 nitrogen and oxygen atoms in total. The molecule has 1 fully saturated rings. The quantitative estimate of drug-likeness (QED) is 0.768. The van der Waals surface area contributed by atoms with Crippen molar-refractivity contribution in [3.63, 3.8) is 0 Å². The number of ether oxygens (including phenoxy) is 1. The Kier molecular flexibility index (Phi) is 6.40. The molecule has 2 atom stereocenters. The molecular weight excluding hydrogens is 348 g/mol. The van der Waals surface area contributed by atoms with E-state index in [0.29, 0.717) is 16.5 Å². The molecule has 0 saturated carbocycles. The van der Waals surface area contributed by atoms with Crippen molar-refractivity contribution in [3.05, 3.63) is 51.5 Å². The van der Waals surface area contributed by atoms with E-state index in [2.05, 4.69) is 34.1 Å². The van der Waals surface area contributed by atoms with Crippen LogP contribution in [-0.2, 0) is 17.6 Å². The standard InChI is InChI=1S/C20H26N2O3S/c1-14-19(20(23)24)26-18(21-14)11-16-8-9-22(12-16)13-17(25-2)10-15-6-4-3-5-7-15/h3-7,16-17H,8-13H2,1-2H3,(H,23,24). The Labute approximate surface area is 158 Å². The highest BCUT2D eigenvalue weighted by Gasteiger charge is 2.26. The molecule has 2 unspecified atom stereocenters. The summed E-state index contributed by atoms with van der Waals surface area (Å²) in [5.41, 5.74) is 1.93. The molecule has 1 aromatic carbocycles. The van der Waals surface area contributed by atoms with Crippen LogP contribution in [0.1, 0.15) is 32.4 Å². The summed E-state index contributed by atoms with van der Waals surface area (Å²) >= 11 is 1.32. The number of methoxy groups -OCH3 is 1. The number of nitrogens with zero attached hydrogens (tertiary/aromatic N) is 2. The molecule has 26 heavy (non-hydrogen) atoms. The first-order chi connectivity index (χ1) is 12.5. The monoisotopic (exact) mass is 374 g/mol. The van der Waals surface area contributed by atoms with E-state index in [1.54, 1.807) is 14.0 Å². The van der Waals surface area contributed by atoms with Crippen molar-refractivity contribution >= 4 is 17.3 Å². The largest absolute Gasteiger partial charge is 0.477 e. The average molecular weight is 375 g/mol. The molecule has 140 valence electrons. The molecule has 0 radical (unpaired) electrons. The number of hydrogen-bond acceptors (Lipinski definition) is 5. The minimum atomic E-state index is -0.872. The van der Waals surface area contributed by atoms with Crippen molar-refractivity contribution in [2.24, 2.45) is 5.92 Å². The Balaban J connectivity index is 1.51. The number of aromatic carboxylic acids is 1. The van der Waals surface area contributed by atoms with Crippen LogP contribution in [0.4, 0.5) is 0 Å². The first kappa shape index (κ1) is 19.0. The minimum absolute atomic E-state index is 0.192. The normalized spacial score (nSPS) is 18.9. The van der Waals surface area contributed by atoms with Crippen molar-refractivity contribution in [2.75, 3.05) is 26.7 Å². The molecule has 0 aliphatic carbocycles. The summed E-state index contributed by atoms with van der Waals surface area (Å²) in [4.78, 5) is 18.5. The number of aromatic nitrogens is 1. The third-order valence-electron chi connectivity index (χ3n) is 4.97. The van der Waals surface area contributed by atoms with Crippen LogP contribution in [0.3, 0.4) is 0 Å². The SMILES string of the molecule is COC(Cc1ccccc1)CN1CCC(Cc2nc(C)c(C(=O)O)s2)C1. The summed E-state index contributed by atoms with van der Waals surface area (Å²) in [7, 11) is 1.78. The minimum Gasteiger partial charge on any atom is -0.477 e. The zero-order valence-corrected chi connectivity index (χ0v) is 16.2. The maximum absolute atomic E-state index is 11.2. The zero-order chi connectivity index (χ0) is 18.5. The fourth-order valence-electron chi connectivity index (χ4n) is 3.62. The van der Waals surface area contributed by atoms with E-state index in [0.717, 1.165) is 43.9 Å². The number of rotatable bonds is 8. The fourth-order valence-corrected chi connectivity index (χ4v) is 4.64. The molecule has 3 rings (SSSR count). The summed E-state index contributed by atoms with van der Waals surface area (Å²) in [6.07, 6.45) is 3.11. The summed E-state index contributed by atoms with van der Waals surface area (Å²) in [5, 5.41) is 10.1. The van der Waals surface area contributed by atoms with E-state index >= 15 is 0 Å². The molecule has 1 N–H and O–H groups in total. The van der Waals surface area contributed by atoms with Gasteiger partial charge in [0.05, 0.1) is 16.8 Å². The highest BCUT2D eigenvalue weighted by atomic mass is 32.1. The molecule has 1 aliphatic rings. The van der Waals surface area contributed by atoms with Crippen LogP contribution in [0.15, 0.2) is 30.3 Å². The predicted molar refractivity (Wildman–Crippen MR) is 103 cm³/mol. The lowest BCUT2D eigenvalue weighted by molar-refractivity contribution is 0.0699. The van der Waals surface area contributed by atoms with Gasteiger partial charge in [-0.3, -0.25) is 0 Å². The van der Waals surface area contributed by atoms with Crippen LogP contribution >= 0.6 is 11.3 Å². The first-order valence-corrected chi connectivity index (χ1v) is 9.85. The van der Waals surface area contributed by atoms with E-state index in [-0.39, 0.29) is 6.10 Å². The van der Waals surface area contributed by atoms with Gasteiger partial charge in [0.2, 0.25) is 0 Å². The van der Waals surface area contributed by atoms with Crippen LogP contribution in [0.2, 0.25) is 0 Å². The maximum atomic E-state index is 11.2. The Bertz CT molecular complexity index is 732. The smallest absolute Gasteiger partial charge is 0.347 e. The Morgan fingerprint density at radius 1 is 1.42 bits per heavy atom. The number of carboxylic acid groups (broad SMARTS) is 1. The number of thiazole rings is 1. The molecule has 1 aromatic heterocycles. The van der Waals surface area contributed by atoms with E-state index in [9.17, 15) is 9.90 Å². The summed E-state index contributed by atoms with van der Waals surface area (Å²) in [5.74, 6) is -0.334. The van der Waals surface area contributed by atoms with Crippen LogP contribution < -0.4 is 0 Å². The number of carbonyl (C=O) groups is 1. The molecule has 2 aromatic rings. The van der Waals surface area contributed by atoms with Gasteiger partial charge in [-0.25, -0.2) is 9.78 Å². The van der Waals surface area contributed by atoms with Crippen LogP contribution in [0.5, 0.6) is 0 Å². The van der Waals surface area contributed by atoms with Gasteiger partial charge in [0, 0.05) is 26.6 Å². The highest BCUT2D eigenvalue weighted by Crippen LogP contribution is 2.26. The second-order valence-electron chi connectivity index (χ2n) is 6.99. The van der Waals surface area contributed by atoms with Crippen molar-refractivity contribution < 1.29 is 14.6 Å². The van der Waals surface area contributed by atoms with E-state index in [4.69, 9.17) is 4.74 Å². The Morgan fingerprint density at radius 2 is 2.19 bits per heavy atom. The zero-order valence-electron chi connectivity index (χ0n) is 15.4. The van der Waals surface area contributed by atoms with Gasteiger partial charge in [-0.05, 0) is 37.8 Å². The highest BCUT2D eigenvalue weighted by molar-refractivity contribution is 7.13. The molecule has 2 heterocycles. The first-order valence-electron chi connectivity index (χ1n) is 9.03. The van der Waals surface area contributed by atoms with Crippen molar-refractivity contribution in [1.29, 1.82) is 0 Å². The number of likely N-dealkylation sites (tertiary alicyclic amines) is 1. The number of carboxylic acids is 1. The summed E-state index contributed by atoms with van der Waals surface area (Å²) in [6.45, 7) is 4.79. The second kappa shape index (κ2) is 8.75. The predicted octanol–water partition coefficient (Wildman–Crippen LogP) is 3.27. The van der Waals surface area contributed by atoms with Gasteiger partial charge in [-0.15, -0.1) is 11.3 Å². The Hall–Kier alpha value is -1.76. The lowest BCUT2D eigenvalue weighted by atomic mass is 10.1. The molecule has 1 saturated heterocycles. The van der Waals surface area contributed by atoms with Crippen molar-refractivity contribution in [3.8, 4) is 0 Å².